The van der Waals surface area contributed by atoms with Crippen LogP contribution in [0, 0.1) is 0 Å². The van der Waals surface area contributed by atoms with Crippen LogP contribution in [0.15, 0.2) is 24.3 Å². The molecule has 82 valence electrons. The van der Waals surface area contributed by atoms with Gasteiger partial charge in [0.1, 0.15) is 6.29 Å². The standard InChI is InChI=1S/C14H20O/c1-3-13(4-2)14-9-7-12(8-10-14)6-5-11-15/h7-11,13H,3-6H2,1-2H3. The number of hydrogen-bond acceptors (Lipinski definition) is 1. The molecule has 0 N–H and O–H groups in total. The molecular weight excluding hydrogens is 184 g/mol. The van der Waals surface area contributed by atoms with Gasteiger partial charge in [0, 0.05) is 6.42 Å². The lowest BCUT2D eigenvalue weighted by atomic mass is 9.93. The van der Waals surface area contributed by atoms with Crippen LogP contribution < -0.4 is 0 Å². The maximum absolute atomic E-state index is 10.2. The summed E-state index contributed by atoms with van der Waals surface area (Å²) in [5.41, 5.74) is 2.69. The van der Waals surface area contributed by atoms with Crippen LogP contribution in [0.2, 0.25) is 0 Å². The fourth-order valence-corrected chi connectivity index (χ4v) is 1.94. The first-order valence-corrected chi connectivity index (χ1v) is 5.84. The molecule has 1 rings (SSSR count). The Bertz CT molecular complexity index is 283. The lowest BCUT2D eigenvalue weighted by Crippen LogP contribution is -1.95. The summed E-state index contributed by atoms with van der Waals surface area (Å²) in [4.78, 5) is 10.2. The van der Waals surface area contributed by atoms with Crippen molar-refractivity contribution in [3.8, 4) is 0 Å². The molecule has 15 heavy (non-hydrogen) atoms. The van der Waals surface area contributed by atoms with Crippen LogP contribution in [0.4, 0.5) is 0 Å². The third-order valence-electron chi connectivity index (χ3n) is 2.99. The van der Waals surface area contributed by atoms with Crippen molar-refractivity contribution in [2.24, 2.45) is 0 Å². The molecule has 1 heteroatoms. The molecular formula is C14H20O. The van der Waals surface area contributed by atoms with E-state index in [1.165, 1.54) is 24.0 Å². The van der Waals surface area contributed by atoms with Crippen molar-refractivity contribution in [2.45, 2.75) is 45.4 Å². The predicted octanol–water partition coefficient (Wildman–Crippen LogP) is 3.72. The lowest BCUT2D eigenvalue weighted by molar-refractivity contribution is -0.107. The zero-order chi connectivity index (χ0) is 11.1. The Hall–Kier alpha value is -1.11. The Labute approximate surface area is 92.5 Å². The number of aldehydes is 1. The molecule has 0 aliphatic rings. The maximum Gasteiger partial charge on any atom is 0.120 e. The van der Waals surface area contributed by atoms with Gasteiger partial charge >= 0.3 is 0 Å². The second kappa shape index (κ2) is 6.39. The minimum atomic E-state index is 0.629. The van der Waals surface area contributed by atoms with Crippen LogP contribution in [0.1, 0.15) is 50.2 Å². The highest BCUT2D eigenvalue weighted by atomic mass is 16.1. The quantitative estimate of drug-likeness (QED) is 0.645. The molecule has 0 saturated heterocycles. The van der Waals surface area contributed by atoms with E-state index in [0.717, 1.165) is 12.7 Å². The van der Waals surface area contributed by atoms with Crippen molar-refractivity contribution in [1.29, 1.82) is 0 Å². The highest BCUT2D eigenvalue weighted by Gasteiger charge is 2.05. The van der Waals surface area contributed by atoms with Crippen molar-refractivity contribution in [3.05, 3.63) is 35.4 Å². The highest BCUT2D eigenvalue weighted by Crippen LogP contribution is 2.23. The number of benzene rings is 1. The zero-order valence-corrected chi connectivity index (χ0v) is 9.70. The summed E-state index contributed by atoms with van der Waals surface area (Å²) in [6, 6.07) is 8.71. The fraction of sp³-hybridized carbons (Fsp3) is 0.500. The van der Waals surface area contributed by atoms with Gasteiger partial charge in [-0.05, 0) is 36.3 Å². The van der Waals surface area contributed by atoms with E-state index in [1.807, 2.05) is 0 Å². The van der Waals surface area contributed by atoms with E-state index in [1.54, 1.807) is 0 Å². The van der Waals surface area contributed by atoms with Crippen LogP contribution in [0.5, 0.6) is 0 Å². The minimum Gasteiger partial charge on any atom is -0.303 e. The predicted molar refractivity (Wildman–Crippen MR) is 64.2 cm³/mol. The number of carbonyl (C=O) groups excluding carboxylic acids is 1. The summed E-state index contributed by atoms with van der Waals surface area (Å²) >= 11 is 0. The van der Waals surface area contributed by atoms with Crippen LogP contribution in [0.25, 0.3) is 0 Å². The van der Waals surface area contributed by atoms with Crippen molar-refractivity contribution >= 4 is 6.29 Å². The molecule has 1 aromatic carbocycles. The molecule has 0 fully saturated rings. The van der Waals surface area contributed by atoms with Crippen LogP contribution >= 0.6 is 0 Å². The minimum absolute atomic E-state index is 0.629. The number of hydrogen-bond donors (Lipinski definition) is 0. The monoisotopic (exact) mass is 204 g/mol. The van der Waals surface area contributed by atoms with Gasteiger partial charge in [-0.15, -0.1) is 0 Å². The Morgan fingerprint density at radius 1 is 1.13 bits per heavy atom. The van der Waals surface area contributed by atoms with Gasteiger partial charge in [0.25, 0.3) is 0 Å². The summed E-state index contributed by atoms with van der Waals surface area (Å²) in [7, 11) is 0. The van der Waals surface area contributed by atoms with E-state index >= 15 is 0 Å². The summed E-state index contributed by atoms with van der Waals surface area (Å²) in [5.74, 6) is 0.685. The summed E-state index contributed by atoms with van der Waals surface area (Å²) < 4.78 is 0. The molecule has 0 bridgehead atoms. The van der Waals surface area contributed by atoms with E-state index in [4.69, 9.17) is 0 Å². The van der Waals surface area contributed by atoms with E-state index in [-0.39, 0.29) is 0 Å². The Morgan fingerprint density at radius 3 is 2.20 bits per heavy atom. The smallest absolute Gasteiger partial charge is 0.120 e. The molecule has 0 amide bonds. The molecule has 0 unspecified atom stereocenters. The molecule has 0 aliphatic carbocycles. The maximum atomic E-state index is 10.2. The van der Waals surface area contributed by atoms with Crippen molar-refractivity contribution in [1.82, 2.24) is 0 Å². The van der Waals surface area contributed by atoms with Crippen LogP contribution in [-0.2, 0) is 11.2 Å². The summed E-state index contributed by atoms with van der Waals surface area (Å²) in [6.07, 6.45) is 4.88. The molecule has 1 aromatic rings. The van der Waals surface area contributed by atoms with Gasteiger partial charge in [-0.1, -0.05) is 38.1 Å². The summed E-state index contributed by atoms with van der Waals surface area (Å²) in [6.45, 7) is 4.46. The molecule has 0 atom stereocenters. The summed E-state index contributed by atoms with van der Waals surface area (Å²) in [5, 5.41) is 0. The van der Waals surface area contributed by atoms with Gasteiger partial charge in [-0.2, -0.15) is 0 Å². The van der Waals surface area contributed by atoms with Crippen molar-refractivity contribution in [2.75, 3.05) is 0 Å². The largest absolute Gasteiger partial charge is 0.303 e. The van der Waals surface area contributed by atoms with Crippen molar-refractivity contribution < 1.29 is 4.79 Å². The molecule has 0 aromatic heterocycles. The third-order valence-corrected chi connectivity index (χ3v) is 2.99. The van der Waals surface area contributed by atoms with E-state index < -0.39 is 0 Å². The van der Waals surface area contributed by atoms with Gasteiger partial charge in [-0.3, -0.25) is 0 Å². The Morgan fingerprint density at radius 2 is 1.73 bits per heavy atom. The second-order valence-electron chi connectivity index (χ2n) is 3.96. The molecule has 0 aliphatic heterocycles. The lowest BCUT2D eigenvalue weighted by Gasteiger charge is -2.12. The number of aryl methyl sites for hydroxylation is 1. The first-order chi connectivity index (χ1) is 7.31. The zero-order valence-electron chi connectivity index (χ0n) is 9.70. The Kier molecular flexibility index (Phi) is 5.09. The first kappa shape index (κ1) is 12.0. The van der Waals surface area contributed by atoms with Crippen molar-refractivity contribution in [3.63, 3.8) is 0 Å². The van der Waals surface area contributed by atoms with E-state index in [9.17, 15) is 4.79 Å². The molecule has 0 saturated carbocycles. The van der Waals surface area contributed by atoms with Gasteiger partial charge in [0.15, 0.2) is 0 Å². The van der Waals surface area contributed by atoms with Gasteiger partial charge in [-0.25, -0.2) is 0 Å². The second-order valence-corrected chi connectivity index (χ2v) is 3.96. The molecule has 1 nitrogen and oxygen atoms in total. The highest BCUT2D eigenvalue weighted by molar-refractivity contribution is 5.50. The van der Waals surface area contributed by atoms with Gasteiger partial charge in [0.2, 0.25) is 0 Å². The number of carbonyl (C=O) groups is 1. The van der Waals surface area contributed by atoms with E-state index in [2.05, 4.69) is 38.1 Å². The molecule has 0 heterocycles. The van der Waals surface area contributed by atoms with Crippen LogP contribution in [0.3, 0.4) is 0 Å². The average molecular weight is 204 g/mol. The fourth-order valence-electron chi connectivity index (χ4n) is 1.94. The normalized spacial score (nSPS) is 10.6. The van der Waals surface area contributed by atoms with Gasteiger partial charge < -0.3 is 4.79 Å². The third kappa shape index (κ3) is 3.50. The first-order valence-electron chi connectivity index (χ1n) is 5.84. The SMILES string of the molecule is CCC(CC)c1ccc(CCC=O)cc1. The topological polar surface area (TPSA) is 17.1 Å². The number of rotatable bonds is 6. The van der Waals surface area contributed by atoms with Gasteiger partial charge in [0.05, 0.1) is 0 Å². The molecule has 0 spiro atoms. The Balaban J connectivity index is 2.66. The molecule has 0 radical (unpaired) electrons. The van der Waals surface area contributed by atoms with E-state index in [0.29, 0.717) is 12.3 Å². The van der Waals surface area contributed by atoms with Crippen LogP contribution in [-0.4, -0.2) is 6.29 Å². The average Bonchev–Trinajstić information content (AvgIpc) is 2.29.